The average Bonchev–Trinajstić information content (AvgIpc) is 2.45. The molecule has 0 amide bonds. The van der Waals surface area contributed by atoms with Crippen LogP contribution < -0.4 is 0 Å². The normalized spacial score (nSPS) is 9.68. The zero-order chi connectivity index (χ0) is 13.7. The van der Waals surface area contributed by atoms with Crippen molar-refractivity contribution < 1.29 is 9.53 Å². The van der Waals surface area contributed by atoms with Crippen LogP contribution in [0.25, 0.3) is 0 Å². The molecule has 0 unspecified atom stereocenters. The molecule has 0 saturated carbocycles. The van der Waals surface area contributed by atoms with E-state index in [4.69, 9.17) is 21.6 Å². The third-order valence-corrected chi connectivity index (χ3v) is 2.67. The van der Waals surface area contributed by atoms with Gasteiger partial charge in [-0.2, -0.15) is 5.26 Å². The van der Waals surface area contributed by atoms with Crippen molar-refractivity contribution in [1.29, 1.82) is 5.26 Å². The Kier molecular flexibility index (Phi) is 4.11. The predicted octanol–water partition coefficient (Wildman–Crippen LogP) is 2.96. The van der Waals surface area contributed by atoms with Gasteiger partial charge in [-0.05, 0) is 18.2 Å². The summed E-state index contributed by atoms with van der Waals surface area (Å²) in [6.45, 7) is 0.0442. The number of halogens is 1. The predicted molar refractivity (Wildman–Crippen MR) is 69.5 cm³/mol. The molecule has 1 aromatic heterocycles. The van der Waals surface area contributed by atoms with E-state index >= 15 is 0 Å². The highest BCUT2D eigenvalue weighted by Crippen LogP contribution is 2.12. The number of nitrogens with zero attached hydrogens (tertiary/aromatic N) is 2. The summed E-state index contributed by atoms with van der Waals surface area (Å²) in [4.78, 5) is 15.6. The van der Waals surface area contributed by atoms with Crippen molar-refractivity contribution in [2.75, 3.05) is 0 Å². The van der Waals surface area contributed by atoms with Crippen LogP contribution in [0.5, 0.6) is 0 Å². The molecule has 2 aromatic rings. The fourth-order valence-electron chi connectivity index (χ4n) is 1.51. The first-order valence-electron chi connectivity index (χ1n) is 5.47. The highest BCUT2D eigenvalue weighted by molar-refractivity contribution is 6.29. The van der Waals surface area contributed by atoms with Crippen molar-refractivity contribution in [3.05, 3.63) is 64.4 Å². The van der Waals surface area contributed by atoms with E-state index in [9.17, 15) is 4.79 Å². The number of hydrogen-bond acceptors (Lipinski definition) is 4. The SMILES string of the molecule is N#Cc1ccccc1COC(=O)c1ccnc(Cl)c1. The van der Waals surface area contributed by atoms with Crippen molar-refractivity contribution in [3.8, 4) is 6.07 Å². The molecule has 0 aliphatic rings. The van der Waals surface area contributed by atoms with Crippen LogP contribution in [0.2, 0.25) is 5.15 Å². The molecule has 1 heterocycles. The lowest BCUT2D eigenvalue weighted by Gasteiger charge is -2.06. The van der Waals surface area contributed by atoms with E-state index < -0.39 is 5.97 Å². The summed E-state index contributed by atoms with van der Waals surface area (Å²) in [5.41, 5.74) is 1.48. The maximum absolute atomic E-state index is 11.8. The Bertz CT molecular complexity index is 650. The molecule has 1 aromatic carbocycles. The summed E-state index contributed by atoms with van der Waals surface area (Å²) >= 11 is 5.69. The molecule has 0 atom stereocenters. The highest BCUT2D eigenvalue weighted by atomic mass is 35.5. The Morgan fingerprint density at radius 1 is 1.37 bits per heavy atom. The zero-order valence-electron chi connectivity index (χ0n) is 9.84. The number of esters is 1. The van der Waals surface area contributed by atoms with Crippen LogP contribution in [0.1, 0.15) is 21.5 Å². The largest absolute Gasteiger partial charge is 0.457 e. The number of rotatable bonds is 3. The Morgan fingerprint density at radius 2 is 2.16 bits per heavy atom. The van der Waals surface area contributed by atoms with Gasteiger partial charge < -0.3 is 4.74 Å². The van der Waals surface area contributed by atoms with E-state index in [1.54, 1.807) is 24.3 Å². The first kappa shape index (κ1) is 13.1. The molecule has 0 saturated heterocycles. The Balaban J connectivity index is 2.07. The molecular weight excluding hydrogens is 264 g/mol. The van der Waals surface area contributed by atoms with Gasteiger partial charge in [0.2, 0.25) is 0 Å². The fourth-order valence-corrected chi connectivity index (χ4v) is 1.69. The maximum atomic E-state index is 11.8. The first-order chi connectivity index (χ1) is 9.20. The van der Waals surface area contributed by atoms with E-state index in [0.717, 1.165) is 0 Å². The summed E-state index contributed by atoms with van der Waals surface area (Å²) in [6, 6.07) is 12.0. The summed E-state index contributed by atoms with van der Waals surface area (Å²) in [6.07, 6.45) is 1.43. The second kappa shape index (κ2) is 5.98. The second-order valence-corrected chi connectivity index (χ2v) is 4.10. The molecule has 0 aliphatic heterocycles. The van der Waals surface area contributed by atoms with Gasteiger partial charge >= 0.3 is 5.97 Å². The molecule has 94 valence electrons. The number of aromatic nitrogens is 1. The Morgan fingerprint density at radius 3 is 2.89 bits per heavy atom. The molecule has 0 spiro atoms. The second-order valence-electron chi connectivity index (χ2n) is 3.71. The molecule has 0 fully saturated rings. The van der Waals surface area contributed by atoms with Gasteiger partial charge in [-0.25, -0.2) is 9.78 Å². The Labute approximate surface area is 115 Å². The number of ether oxygens (including phenoxy) is 1. The monoisotopic (exact) mass is 272 g/mol. The van der Waals surface area contributed by atoms with Crippen LogP contribution in [-0.4, -0.2) is 11.0 Å². The van der Waals surface area contributed by atoms with Crippen LogP contribution in [0.3, 0.4) is 0 Å². The summed E-state index contributed by atoms with van der Waals surface area (Å²) < 4.78 is 5.14. The third kappa shape index (κ3) is 3.30. The van der Waals surface area contributed by atoms with Gasteiger partial charge in [0.05, 0.1) is 17.2 Å². The van der Waals surface area contributed by atoms with Gasteiger partial charge in [-0.1, -0.05) is 29.8 Å². The molecule has 19 heavy (non-hydrogen) atoms. The molecular formula is C14H9ClN2O2. The molecule has 0 radical (unpaired) electrons. The average molecular weight is 273 g/mol. The maximum Gasteiger partial charge on any atom is 0.338 e. The van der Waals surface area contributed by atoms with E-state index in [0.29, 0.717) is 16.7 Å². The molecule has 4 nitrogen and oxygen atoms in total. The number of carbonyl (C=O) groups is 1. The van der Waals surface area contributed by atoms with Crippen LogP contribution in [0.4, 0.5) is 0 Å². The molecule has 0 aliphatic carbocycles. The minimum Gasteiger partial charge on any atom is -0.457 e. The van der Waals surface area contributed by atoms with Gasteiger partial charge in [0.15, 0.2) is 0 Å². The van der Waals surface area contributed by atoms with Gasteiger partial charge in [-0.15, -0.1) is 0 Å². The van der Waals surface area contributed by atoms with Crippen molar-refractivity contribution in [2.45, 2.75) is 6.61 Å². The smallest absolute Gasteiger partial charge is 0.338 e. The topological polar surface area (TPSA) is 63.0 Å². The van der Waals surface area contributed by atoms with Crippen LogP contribution in [-0.2, 0) is 11.3 Å². The summed E-state index contributed by atoms with van der Waals surface area (Å²) in [5.74, 6) is -0.503. The quantitative estimate of drug-likeness (QED) is 0.636. The van der Waals surface area contributed by atoms with E-state index in [2.05, 4.69) is 4.98 Å². The number of hydrogen-bond donors (Lipinski definition) is 0. The number of pyridine rings is 1. The van der Waals surface area contributed by atoms with Crippen molar-refractivity contribution in [1.82, 2.24) is 4.98 Å². The van der Waals surface area contributed by atoms with E-state index in [1.165, 1.54) is 18.3 Å². The minimum atomic E-state index is -0.503. The Hall–Kier alpha value is -2.38. The minimum absolute atomic E-state index is 0.0442. The van der Waals surface area contributed by atoms with Gasteiger partial charge in [0.1, 0.15) is 11.8 Å². The van der Waals surface area contributed by atoms with Gasteiger partial charge in [0.25, 0.3) is 0 Å². The summed E-state index contributed by atoms with van der Waals surface area (Å²) in [7, 11) is 0. The lowest BCUT2D eigenvalue weighted by molar-refractivity contribution is 0.0472. The van der Waals surface area contributed by atoms with Gasteiger partial charge in [0, 0.05) is 11.8 Å². The van der Waals surface area contributed by atoms with Crippen LogP contribution in [0, 0.1) is 11.3 Å². The van der Waals surface area contributed by atoms with Crippen molar-refractivity contribution in [2.24, 2.45) is 0 Å². The number of benzene rings is 1. The van der Waals surface area contributed by atoms with Crippen molar-refractivity contribution >= 4 is 17.6 Å². The van der Waals surface area contributed by atoms with Gasteiger partial charge in [-0.3, -0.25) is 0 Å². The highest BCUT2D eigenvalue weighted by Gasteiger charge is 2.09. The third-order valence-electron chi connectivity index (χ3n) is 2.46. The molecule has 5 heteroatoms. The number of nitriles is 1. The molecule has 0 bridgehead atoms. The van der Waals surface area contributed by atoms with Crippen LogP contribution in [0.15, 0.2) is 42.6 Å². The van der Waals surface area contributed by atoms with E-state index in [1.807, 2.05) is 6.07 Å². The molecule has 0 N–H and O–H groups in total. The number of carbonyl (C=O) groups excluding carboxylic acids is 1. The first-order valence-corrected chi connectivity index (χ1v) is 5.85. The standard InChI is InChI=1S/C14H9ClN2O2/c15-13-7-10(5-6-17-13)14(18)19-9-12-4-2-1-3-11(12)8-16/h1-7H,9H2. The van der Waals surface area contributed by atoms with Crippen molar-refractivity contribution in [3.63, 3.8) is 0 Å². The summed E-state index contributed by atoms with van der Waals surface area (Å²) in [5, 5.41) is 9.15. The fraction of sp³-hybridized carbons (Fsp3) is 0.0714. The lowest BCUT2D eigenvalue weighted by Crippen LogP contribution is -2.06. The lowest BCUT2D eigenvalue weighted by atomic mass is 10.1. The van der Waals surface area contributed by atoms with E-state index in [-0.39, 0.29) is 11.8 Å². The molecule has 2 rings (SSSR count). The zero-order valence-corrected chi connectivity index (χ0v) is 10.6. The van der Waals surface area contributed by atoms with Crippen LogP contribution >= 0.6 is 11.6 Å².